The van der Waals surface area contributed by atoms with E-state index in [1.54, 1.807) is 12.1 Å². The van der Waals surface area contributed by atoms with E-state index < -0.39 is 5.82 Å². The van der Waals surface area contributed by atoms with Gasteiger partial charge in [-0.1, -0.05) is 6.07 Å². The summed E-state index contributed by atoms with van der Waals surface area (Å²) in [6, 6.07) is 12.1. The van der Waals surface area contributed by atoms with Crippen LogP contribution >= 0.6 is 0 Å². The van der Waals surface area contributed by atoms with Crippen molar-refractivity contribution < 1.29 is 18.7 Å². The van der Waals surface area contributed by atoms with Gasteiger partial charge in [0.25, 0.3) is 0 Å². The molecule has 3 N–H and O–H groups in total. The number of carbonyl (C=O) groups excluding carboxylic acids is 1. The van der Waals surface area contributed by atoms with Gasteiger partial charge in [0.1, 0.15) is 5.75 Å². The van der Waals surface area contributed by atoms with E-state index in [4.69, 9.17) is 9.47 Å². The highest BCUT2D eigenvalue weighted by atomic mass is 19.1. The maximum atomic E-state index is 14.0. The number of amides is 1. The monoisotopic (exact) mass is 444 g/mol. The summed E-state index contributed by atoms with van der Waals surface area (Å²) in [7, 11) is 1.42. The SMILES string of the molecule is COc1ccc(CN=C(NCC(=O)NC(C)(C)C)Nc2ccc(OC(C)C)cc2)cc1F. The fourth-order valence-corrected chi connectivity index (χ4v) is 2.77. The van der Waals surface area contributed by atoms with Crippen molar-refractivity contribution in [3.8, 4) is 11.5 Å². The third kappa shape index (κ3) is 8.83. The summed E-state index contributed by atoms with van der Waals surface area (Å²) in [5.74, 6) is 0.714. The minimum Gasteiger partial charge on any atom is -0.494 e. The first-order valence-corrected chi connectivity index (χ1v) is 10.5. The van der Waals surface area contributed by atoms with Crippen molar-refractivity contribution in [3.63, 3.8) is 0 Å². The van der Waals surface area contributed by atoms with Crippen molar-refractivity contribution in [2.75, 3.05) is 19.0 Å². The molecule has 0 aliphatic rings. The van der Waals surface area contributed by atoms with Crippen LogP contribution in [-0.4, -0.2) is 37.2 Å². The van der Waals surface area contributed by atoms with Gasteiger partial charge in [-0.05, 0) is 76.6 Å². The van der Waals surface area contributed by atoms with Crippen LogP contribution in [0.15, 0.2) is 47.5 Å². The Morgan fingerprint density at radius 2 is 1.81 bits per heavy atom. The highest BCUT2D eigenvalue weighted by Gasteiger charge is 2.14. The number of nitrogens with one attached hydrogen (secondary N) is 3. The number of ether oxygens (including phenoxy) is 2. The summed E-state index contributed by atoms with van der Waals surface area (Å²) in [6.07, 6.45) is 0.0822. The molecule has 0 spiro atoms. The second-order valence-corrected chi connectivity index (χ2v) is 8.60. The van der Waals surface area contributed by atoms with Gasteiger partial charge < -0.3 is 25.4 Å². The van der Waals surface area contributed by atoms with Crippen LogP contribution in [0.3, 0.4) is 0 Å². The van der Waals surface area contributed by atoms with E-state index in [2.05, 4.69) is 20.9 Å². The molecule has 32 heavy (non-hydrogen) atoms. The number of halogens is 1. The highest BCUT2D eigenvalue weighted by molar-refractivity contribution is 5.96. The molecular weight excluding hydrogens is 411 g/mol. The van der Waals surface area contributed by atoms with E-state index in [1.807, 2.05) is 58.9 Å². The molecule has 2 rings (SSSR count). The second kappa shape index (κ2) is 11.4. The average molecular weight is 445 g/mol. The predicted octanol–water partition coefficient (Wildman–Crippen LogP) is 4.09. The first-order chi connectivity index (χ1) is 15.1. The molecule has 0 heterocycles. The predicted molar refractivity (Wildman–Crippen MR) is 126 cm³/mol. The Kier molecular flexibility index (Phi) is 8.87. The molecule has 8 heteroatoms. The summed E-state index contributed by atoms with van der Waals surface area (Å²) >= 11 is 0. The number of rotatable bonds is 8. The molecule has 0 saturated heterocycles. The van der Waals surface area contributed by atoms with Gasteiger partial charge in [0.2, 0.25) is 5.91 Å². The van der Waals surface area contributed by atoms with Crippen LogP contribution in [0.25, 0.3) is 0 Å². The van der Waals surface area contributed by atoms with Crippen LogP contribution in [-0.2, 0) is 11.3 Å². The first-order valence-electron chi connectivity index (χ1n) is 10.5. The van der Waals surface area contributed by atoms with E-state index in [0.29, 0.717) is 11.5 Å². The quantitative estimate of drug-likeness (QED) is 0.422. The summed E-state index contributed by atoms with van der Waals surface area (Å²) < 4.78 is 24.6. The molecular formula is C24H33FN4O3. The Balaban J connectivity index is 2.13. The third-order valence-corrected chi connectivity index (χ3v) is 4.06. The summed E-state index contributed by atoms with van der Waals surface area (Å²) in [4.78, 5) is 16.7. The molecule has 0 bridgehead atoms. The Morgan fingerprint density at radius 3 is 2.38 bits per heavy atom. The Hall–Kier alpha value is -3.29. The minimum atomic E-state index is -0.451. The lowest BCUT2D eigenvalue weighted by molar-refractivity contribution is -0.121. The van der Waals surface area contributed by atoms with Crippen molar-refractivity contribution in [1.29, 1.82) is 0 Å². The lowest BCUT2D eigenvalue weighted by Crippen LogP contribution is -2.46. The Labute approximate surface area is 189 Å². The largest absolute Gasteiger partial charge is 0.494 e. The molecule has 0 fully saturated rings. The lowest BCUT2D eigenvalue weighted by Gasteiger charge is -2.21. The fraction of sp³-hybridized carbons (Fsp3) is 0.417. The summed E-state index contributed by atoms with van der Waals surface area (Å²) in [6.45, 7) is 9.92. The zero-order chi connectivity index (χ0) is 23.7. The maximum Gasteiger partial charge on any atom is 0.239 e. The molecule has 1 amide bonds. The number of aliphatic imine (C=N–C) groups is 1. The number of hydrogen-bond donors (Lipinski definition) is 3. The molecule has 0 aliphatic heterocycles. The topological polar surface area (TPSA) is 84.0 Å². The van der Waals surface area contributed by atoms with Crippen LogP contribution in [0.1, 0.15) is 40.2 Å². The van der Waals surface area contributed by atoms with Crippen molar-refractivity contribution in [1.82, 2.24) is 10.6 Å². The number of nitrogens with zero attached hydrogens (tertiary/aromatic N) is 1. The summed E-state index contributed by atoms with van der Waals surface area (Å²) in [5.41, 5.74) is 1.10. The smallest absolute Gasteiger partial charge is 0.239 e. The van der Waals surface area contributed by atoms with Crippen LogP contribution < -0.4 is 25.4 Å². The number of methoxy groups -OCH3 is 1. The van der Waals surface area contributed by atoms with Crippen molar-refractivity contribution in [2.45, 2.75) is 52.8 Å². The number of guanidine groups is 1. The number of carbonyl (C=O) groups is 1. The first kappa shape index (κ1) is 25.0. The van der Waals surface area contributed by atoms with Crippen LogP contribution in [0.5, 0.6) is 11.5 Å². The molecule has 0 aromatic heterocycles. The molecule has 174 valence electrons. The molecule has 2 aromatic carbocycles. The molecule has 7 nitrogen and oxygen atoms in total. The van der Waals surface area contributed by atoms with E-state index in [0.717, 1.165) is 11.4 Å². The number of hydrogen-bond acceptors (Lipinski definition) is 4. The molecule has 0 atom stereocenters. The fourth-order valence-electron chi connectivity index (χ4n) is 2.77. The Bertz CT molecular complexity index is 922. The second-order valence-electron chi connectivity index (χ2n) is 8.60. The number of anilines is 1. The van der Waals surface area contributed by atoms with Crippen LogP contribution in [0.2, 0.25) is 0 Å². The van der Waals surface area contributed by atoms with Gasteiger partial charge >= 0.3 is 0 Å². The van der Waals surface area contributed by atoms with Crippen LogP contribution in [0, 0.1) is 5.82 Å². The highest BCUT2D eigenvalue weighted by Crippen LogP contribution is 2.19. The standard InChI is InChI=1S/C24H33FN4O3/c1-16(2)32-19-10-8-18(9-11-19)28-23(27-15-22(30)29-24(3,4)5)26-14-17-7-12-21(31-6)20(25)13-17/h7-13,16H,14-15H2,1-6H3,(H,29,30)(H2,26,27,28). The average Bonchev–Trinajstić information content (AvgIpc) is 2.70. The van der Waals surface area contributed by atoms with Gasteiger partial charge in [0.05, 0.1) is 26.3 Å². The lowest BCUT2D eigenvalue weighted by atomic mass is 10.1. The van der Waals surface area contributed by atoms with Gasteiger partial charge in [-0.15, -0.1) is 0 Å². The molecule has 2 aromatic rings. The normalized spacial score (nSPS) is 11.8. The van der Waals surface area contributed by atoms with Crippen molar-refractivity contribution in [2.24, 2.45) is 4.99 Å². The molecule has 0 unspecified atom stereocenters. The van der Waals surface area contributed by atoms with Gasteiger partial charge in [0, 0.05) is 11.2 Å². The maximum absolute atomic E-state index is 14.0. The van der Waals surface area contributed by atoms with E-state index in [1.165, 1.54) is 13.2 Å². The van der Waals surface area contributed by atoms with E-state index >= 15 is 0 Å². The van der Waals surface area contributed by atoms with E-state index in [9.17, 15) is 9.18 Å². The van der Waals surface area contributed by atoms with Crippen LogP contribution in [0.4, 0.5) is 10.1 Å². The number of benzene rings is 2. The molecule has 0 aliphatic carbocycles. The van der Waals surface area contributed by atoms with Crippen molar-refractivity contribution >= 4 is 17.6 Å². The minimum absolute atomic E-state index is 0.0363. The molecule has 0 saturated carbocycles. The third-order valence-electron chi connectivity index (χ3n) is 4.06. The molecule has 0 radical (unpaired) electrons. The van der Waals surface area contributed by atoms with E-state index in [-0.39, 0.29) is 36.4 Å². The van der Waals surface area contributed by atoms with Gasteiger partial charge in [-0.2, -0.15) is 0 Å². The van der Waals surface area contributed by atoms with Gasteiger partial charge in [0.15, 0.2) is 17.5 Å². The summed E-state index contributed by atoms with van der Waals surface area (Å²) in [5, 5.41) is 9.09. The van der Waals surface area contributed by atoms with Crippen molar-refractivity contribution in [3.05, 3.63) is 53.8 Å². The zero-order valence-corrected chi connectivity index (χ0v) is 19.6. The van der Waals surface area contributed by atoms with Gasteiger partial charge in [-0.3, -0.25) is 4.79 Å². The Morgan fingerprint density at radius 1 is 1.12 bits per heavy atom. The zero-order valence-electron chi connectivity index (χ0n) is 19.6. The van der Waals surface area contributed by atoms with Gasteiger partial charge in [-0.25, -0.2) is 9.38 Å².